The summed E-state index contributed by atoms with van der Waals surface area (Å²) in [6.07, 6.45) is 0.657. The van der Waals surface area contributed by atoms with Gasteiger partial charge in [0.2, 0.25) is 0 Å². The van der Waals surface area contributed by atoms with Gasteiger partial charge in [-0.05, 0) is 56.2 Å². The maximum atomic E-state index is 13.6. The van der Waals surface area contributed by atoms with Gasteiger partial charge in [0, 0.05) is 20.8 Å². The Balaban J connectivity index is 1.82. The zero-order chi connectivity index (χ0) is 24.4. The van der Waals surface area contributed by atoms with Crippen molar-refractivity contribution in [2.24, 2.45) is 0 Å². The molecule has 0 saturated carbocycles. The molecule has 1 N–H and O–H groups in total. The van der Waals surface area contributed by atoms with Gasteiger partial charge < -0.3 is 10.1 Å². The summed E-state index contributed by atoms with van der Waals surface area (Å²) >= 11 is 13.8. The number of para-hydroxylation sites is 1. The van der Waals surface area contributed by atoms with Gasteiger partial charge in [-0.1, -0.05) is 48.3 Å². The highest BCUT2D eigenvalue weighted by Crippen LogP contribution is 2.36. The summed E-state index contributed by atoms with van der Waals surface area (Å²) in [7, 11) is 0. The fourth-order valence-corrected chi connectivity index (χ4v) is 5.51. The predicted octanol–water partition coefficient (Wildman–Crippen LogP) is 7.57. The van der Waals surface area contributed by atoms with Crippen molar-refractivity contribution >= 4 is 62.3 Å². The van der Waals surface area contributed by atoms with Gasteiger partial charge in [0.15, 0.2) is 0 Å². The highest BCUT2D eigenvalue weighted by atomic mass is 35.5. The van der Waals surface area contributed by atoms with Crippen molar-refractivity contribution in [1.82, 2.24) is 4.98 Å². The summed E-state index contributed by atoms with van der Waals surface area (Å²) in [5.74, 6) is -0.786. The lowest BCUT2D eigenvalue weighted by Gasteiger charge is -2.12. The third-order valence-corrected chi connectivity index (χ3v) is 7.05. The van der Waals surface area contributed by atoms with Gasteiger partial charge in [-0.3, -0.25) is 4.79 Å². The van der Waals surface area contributed by atoms with Gasteiger partial charge in [-0.25, -0.2) is 9.78 Å². The number of rotatable bonds is 6. The number of aromatic nitrogens is 1. The van der Waals surface area contributed by atoms with E-state index in [-0.39, 0.29) is 12.5 Å². The van der Waals surface area contributed by atoms with Crippen molar-refractivity contribution in [3.63, 3.8) is 0 Å². The molecular formula is C26H22Cl2N2O3S. The molecule has 0 aliphatic rings. The van der Waals surface area contributed by atoms with Gasteiger partial charge in [0.05, 0.1) is 34.0 Å². The Hall–Kier alpha value is -2.93. The van der Waals surface area contributed by atoms with Crippen molar-refractivity contribution < 1.29 is 14.3 Å². The monoisotopic (exact) mass is 512 g/mol. The third kappa shape index (κ3) is 4.67. The van der Waals surface area contributed by atoms with Crippen LogP contribution in [0.3, 0.4) is 0 Å². The number of hydrogen-bond donors (Lipinski definition) is 1. The minimum atomic E-state index is -0.438. The van der Waals surface area contributed by atoms with E-state index in [1.807, 2.05) is 38.1 Å². The molecule has 0 aliphatic carbocycles. The zero-order valence-electron chi connectivity index (χ0n) is 18.9. The molecule has 0 unspecified atom stereocenters. The maximum Gasteiger partial charge on any atom is 0.341 e. The number of amides is 1. The van der Waals surface area contributed by atoms with Crippen LogP contribution in [0.25, 0.3) is 22.2 Å². The molecule has 0 spiro atoms. The number of aryl methyl sites for hydroxylation is 1. The molecule has 0 bridgehead atoms. The minimum Gasteiger partial charge on any atom is -0.462 e. The number of fused-ring (bicyclic) bond motifs is 1. The largest absolute Gasteiger partial charge is 0.462 e. The fraction of sp³-hybridized carbons (Fsp3) is 0.192. The molecule has 0 atom stereocenters. The summed E-state index contributed by atoms with van der Waals surface area (Å²) in [6, 6.07) is 14.2. The van der Waals surface area contributed by atoms with Crippen molar-refractivity contribution in [3.8, 4) is 11.3 Å². The first-order valence-corrected chi connectivity index (χ1v) is 12.4. The number of nitrogens with one attached hydrogen (secondary N) is 1. The van der Waals surface area contributed by atoms with Crippen LogP contribution in [0.2, 0.25) is 10.0 Å². The van der Waals surface area contributed by atoms with Crippen molar-refractivity contribution in [3.05, 3.63) is 80.1 Å². The van der Waals surface area contributed by atoms with Crippen LogP contribution < -0.4 is 5.32 Å². The normalized spacial score (nSPS) is 11.0. The first-order chi connectivity index (χ1) is 16.3. The topological polar surface area (TPSA) is 68.3 Å². The molecule has 1 amide bonds. The summed E-state index contributed by atoms with van der Waals surface area (Å²) in [6.45, 7) is 5.92. The number of hydrogen-bond acceptors (Lipinski definition) is 5. The van der Waals surface area contributed by atoms with E-state index in [1.54, 1.807) is 31.2 Å². The van der Waals surface area contributed by atoms with Gasteiger partial charge in [0.1, 0.15) is 5.00 Å². The number of carbonyl (C=O) groups excluding carboxylic acids is 2. The second-order valence-corrected chi connectivity index (χ2v) is 9.63. The van der Waals surface area contributed by atoms with Crippen LogP contribution in [0.4, 0.5) is 5.00 Å². The second kappa shape index (κ2) is 10.1. The summed E-state index contributed by atoms with van der Waals surface area (Å²) in [5.41, 5.74) is 3.58. The number of benzene rings is 2. The predicted molar refractivity (Wildman–Crippen MR) is 140 cm³/mol. The first-order valence-electron chi connectivity index (χ1n) is 10.8. The van der Waals surface area contributed by atoms with E-state index in [0.29, 0.717) is 54.8 Å². The average Bonchev–Trinajstić information content (AvgIpc) is 3.13. The standard InChI is InChI=1S/C26H22Cl2N2O3S/c1-4-16-14(3)34-25(23(16)26(32)33-5-2)30-24(31)19-13-22(18-11-10-15(27)12-20(18)28)29-21-9-7-6-8-17(19)21/h6-13H,4-5H2,1-3H3,(H,30,31). The number of ether oxygens (including phenoxy) is 1. The van der Waals surface area contributed by atoms with Gasteiger partial charge in [-0.15, -0.1) is 11.3 Å². The molecule has 2 heterocycles. The fourth-order valence-electron chi connectivity index (χ4n) is 3.88. The van der Waals surface area contributed by atoms with E-state index < -0.39 is 5.97 Å². The summed E-state index contributed by atoms with van der Waals surface area (Å²) < 4.78 is 5.26. The molecule has 2 aromatic heterocycles. The van der Waals surface area contributed by atoms with Gasteiger partial charge in [-0.2, -0.15) is 0 Å². The molecule has 0 saturated heterocycles. The highest BCUT2D eigenvalue weighted by Gasteiger charge is 2.25. The zero-order valence-corrected chi connectivity index (χ0v) is 21.2. The lowest BCUT2D eigenvalue weighted by Crippen LogP contribution is -2.16. The average molecular weight is 513 g/mol. The first kappa shape index (κ1) is 24.2. The Labute approximate surface area is 211 Å². The van der Waals surface area contributed by atoms with E-state index in [4.69, 9.17) is 32.9 Å². The van der Waals surface area contributed by atoms with Crippen LogP contribution in [0.5, 0.6) is 0 Å². The van der Waals surface area contributed by atoms with Crippen LogP contribution in [0, 0.1) is 6.92 Å². The van der Waals surface area contributed by atoms with E-state index in [1.165, 1.54) is 11.3 Å². The lowest BCUT2D eigenvalue weighted by atomic mass is 10.0. The smallest absolute Gasteiger partial charge is 0.341 e. The van der Waals surface area contributed by atoms with E-state index in [2.05, 4.69) is 5.32 Å². The van der Waals surface area contributed by atoms with Crippen LogP contribution in [0.15, 0.2) is 48.5 Å². The van der Waals surface area contributed by atoms with Crippen molar-refractivity contribution in [2.75, 3.05) is 11.9 Å². The molecule has 5 nitrogen and oxygen atoms in total. The van der Waals surface area contributed by atoms with Gasteiger partial charge >= 0.3 is 5.97 Å². The number of halogens is 2. The number of anilines is 1. The number of thiophene rings is 1. The molecule has 8 heteroatoms. The molecule has 4 rings (SSSR count). The van der Waals surface area contributed by atoms with Crippen LogP contribution in [-0.4, -0.2) is 23.5 Å². The Kier molecular flexibility index (Phi) is 7.22. The van der Waals surface area contributed by atoms with Crippen molar-refractivity contribution in [1.29, 1.82) is 0 Å². The summed E-state index contributed by atoms with van der Waals surface area (Å²) in [4.78, 5) is 31.9. The van der Waals surface area contributed by atoms with Crippen LogP contribution >= 0.6 is 34.5 Å². The quantitative estimate of drug-likeness (QED) is 0.270. The van der Waals surface area contributed by atoms with E-state index in [9.17, 15) is 9.59 Å². The Morgan fingerprint density at radius 3 is 2.56 bits per heavy atom. The van der Waals surface area contributed by atoms with E-state index >= 15 is 0 Å². The Morgan fingerprint density at radius 2 is 1.85 bits per heavy atom. The molecule has 0 radical (unpaired) electrons. The molecule has 0 fully saturated rings. The molecule has 4 aromatic rings. The molecule has 0 aliphatic heterocycles. The molecular weight excluding hydrogens is 491 g/mol. The van der Waals surface area contributed by atoms with Crippen LogP contribution in [-0.2, 0) is 11.2 Å². The molecule has 2 aromatic carbocycles. The lowest BCUT2D eigenvalue weighted by molar-refractivity contribution is 0.0527. The Morgan fingerprint density at radius 1 is 1.09 bits per heavy atom. The molecule has 34 heavy (non-hydrogen) atoms. The second-order valence-electron chi connectivity index (χ2n) is 7.57. The highest BCUT2D eigenvalue weighted by molar-refractivity contribution is 7.16. The van der Waals surface area contributed by atoms with Crippen LogP contribution in [0.1, 0.15) is 45.0 Å². The SMILES string of the molecule is CCOC(=O)c1c(NC(=O)c2cc(-c3ccc(Cl)cc3Cl)nc3ccccc23)sc(C)c1CC. The van der Waals surface area contributed by atoms with Gasteiger partial charge in [0.25, 0.3) is 5.91 Å². The number of carbonyl (C=O) groups is 2. The van der Waals surface area contributed by atoms with E-state index in [0.717, 1.165) is 10.4 Å². The molecule has 174 valence electrons. The maximum absolute atomic E-state index is 13.6. The number of esters is 1. The third-order valence-electron chi connectivity index (χ3n) is 5.44. The summed E-state index contributed by atoms with van der Waals surface area (Å²) in [5, 5.41) is 5.07. The number of pyridine rings is 1. The number of nitrogens with zero attached hydrogens (tertiary/aromatic N) is 1. The Bertz CT molecular complexity index is 1410. The van der Waals surface area contributed by atoms with Crippen molar-refractivity contribution in [2.45, 2.75) is 27.2 Å². The minimum absolute atomic E-state index is 0.254.